The molecule has 0 N–H and O–H groups in total. The van der Waals surface area contributed by atoms with Crippen LogP contribution in [0.15, 0.2) is 24.3 Å². The number of hydrogen-bond donors (Lipinski definition) is 0. The third-order valence-electron chi connectivity index (χ3n) is 3.05. The van der Waals surface area contributed by atoms with E-state index < -0.39 is 0 Å². The van der Waals surface area contributed by atoms with Crippen molar-refractivity contribution in [3.05, 3.63) is 29.8 Å². The van der Waals surface area contributed by atoms with Crippen molar-refractivity contribution in [2.45, 2.75) is 26.2 Å². The van der Waals surface area contributed by atoms with Crippen molar-refractivity contribution in [1.82, 2.24) is 0 Å². The maximum Gasteiger partial charge on any atom is 0.305 e. The molecule has 0 fully saturated rings. The number of benzene rings is 1. The minimum Gasteiger partial charge on any atom is -0.497 e. The number of carbonyl (C=O) groups excluding carboxylic acids is 2. The Kier molecular flexibility index (Phi) is 6.06. The van der Waals surface area contributed by atoms with Gasteiger partial charge in [-0.25, -0.2) is 0 Å². The van der Waals surface area contributed by atoms with Gasteiger partial charge in [0.05, 0.1) is 20.6 Å². The van der Waals surface area contributed by atoms with Crippen LogP contribution in [0.2, 0.25) is 0 Å². The predicted octanol–water partition coefficient (Wildman–Crippen LogP) is 2.40. The monoisotopic (exact) mass is 264 g/mol. The Morgan fingerprint density at radius 1 is 1.11 bits per heavy atom. The van der Waals surface area contributed by atoms with Gasteiger partial charge in [0.1, 0.15) is 11.5 Å². The van der Waals surface area contributed by atoms with Gasteiger partial charge in [0, 0.05) is 12.3 Å². The quantitative estimate of drug-likeness (QED) is 0.710. The fourth-order valence-electron chi connectivity index (χ4n) is 1.80. The minimum atomic E-state index is -0.343. The molecule has 4 nitrogen and oxygen atoms in total. The van der Waals surface area contributed by atoms with Crippen LogP contribution in [0, 0.1) is 5.92 Å². The smallest absolute Gasteiger partial charge is 0.305 e. The maximum atomic E-state index is 11.9. The molecule has 0 unspecified atom stereocenters. The van der Waals surface area contributed by atoms with Gasteiger partial charge in [-0.3, -0.25) is 9.59 Å². The summed E-state index contributed by atoms with van der Waals surface area (Å²) in [5.41, 5.74) is 1.08. The second kappa shape index (κ2) is 7.56. The summed E-state index contributed by atoms with van der Waals surface area (Å²) in [5.74, 6) is 0.442. The number of methoxy groups -OCH3 is 2. The first-order valence-corrected chi connectivity index (χ1v) is 6.29. The van der Waals surface area contributed by atoms with Crippen molar-refractivity contribution in [3.63, 3.8) is 0 Å². The highest BCUT2D eigenvalue weighted by molar-refractivity contribution is 5.84. The van der Waals surface area contributed by atoms with E-state index in [9.17, 15) is 9.59 Å². The molecule has 0 aliphatic heterocycles. The van der Waals surface area contributed by atoms with Crippen molar-refractivity contribution >= 4 is 11.8 Å². The van der Waals surface area contributed by atoms with Crippen LogP contribution in [-0.4, -0.2) is 26.0 Å². The summed E-state index contributed by atoms with van der Waals surface area (Å²) in [4.78, 5) is 22.8. The Morgan fingerprint density at radius 2 is 1.74 bits per heavy atom. The number of rotatable bonds is 7. The summed E-state index contributed by atoms with van der Waals surface area (Å²) in [6, 6.07) is 7.65. The van der Waals surface area contributed by atoms with E-state index in [2.05, 4.69) is 4.74 Å². The minimum absolute atomic E-state index is 0.0845. The second-order valence-corrected chi connectivity index (χ2v) is 4.50. The Balaban J connectivity index is 2.46. The van der Waals surface area contributed by atoms with Crippen molar-refractivity contribution in [2.75, 3.05) is 14.2 Å². The van der Waals surface area contributed by atoms with Gasteiger partial charge in [-0.15, -0.1) is 0 Å². The summed E-state index contributed by atoms with van der Waals surface area (Å²) >= 11 is 0. The third kappa shape index (κ3) is 5.12. The normalized spacial score (nSPS) is 11.7. The van der Waals surface area contributed by atoms with Gasteiger partial charge in [-0.05, 0) is 24.1 Å². The van der Waals surface area contributed by atoms with Crippen molar-refractivity contribution in [3.8, 4) is 5.75 Å². The average Bonchev–Trinajstić information content (AvgIpc) is 2.44. The first-order chi connectivity index (χ1) is 9.06. The van der Waals surface area contributed by atoms with E-state index in [0.29, 0.717) is 6.42 Å². The lowest BCUT2D eigenvalue weighted by molar-refractivity contribution is -0.142. The Hall–Kier alpha value is -1.84. The van der Waals surface area contributed by atoms with Crippen LogP contribution in [0.4, 0.5) is 0 Å². The van der Waals surface area contributed by atoms with Crippen LogP contribution < -0.4 is 4.74 Å². The van der Waals surface area contributed by atoms with Gasteiger partial charge in [0.2, 0.25) is 0 Å². The second-order valence-electron chi connectivity index (χ2n) is 4.50. The molecule has 0 aromatic heterocycles. The van der Waals surface area contributed by atoms with Crippen molar-refractivity contribution < 1.29 is 19.1 Å². The molecule has 1 atom stereocenters. The van der Waals surface area contributed by atoms with Crippen molar-refractivity contribution in [1.29, 1.82) is 0 Å². The van der Waals surface area contributed by atoms with Gasteiger partial charge in [0.15, 0.2) is 0 Å². The number of ketones is 1. The third-order valence-corrected chi connectivity index (χ3v) is 3.05. The van der Waals surface area contributed by atoms with Gasteiger partial charge in [0.25, 0.3) is 0 Å². The highest BCUT2D eigenvalue weighted by atomic mass is 16.5. The summed E-state index contributed by atoms with van der Waals surface area (Å²) in [7, 11) is 2.95. The largest absolute Gasteiger partial charge is 0.497 e. The standard InChI is InChI=1S/C15H20O4/c1-11(14(16)8-9-15(17)19-3)10-12-4-6-13(18-2)7-5-12/h4-7,11H,8-10H2,1-3H3/t11-/m0/s1. The summed E-state index contributed by atoms with van der Waals surface area (Å²) in [6.07, 6.45) is 1.07. The Bertz CT molecular complexity index is 422. The number of ether oxygens (including phenoxy) is 2. The molecular formula is C15H20O4. The summed E-state index contributed by atoms with van der Waals surface area (Å²) in [6.45, 7) is 1.88. The van der Waals surface area contributed by atoms with E-state index in [1.807, 2.05) is 31.2 Å². The van der Waals surface area contributed by atoms with E-state index in [1.165, 1.54) is 7.11 Å². The predicted molar refractivity (Wildman–Crippen MR) is 72.1 cm³/mol. The SMILES string of the molecule is COC(=O)CCC(=O)[C@@H](C)Cc1ccc(OC)cc1. The molecule has 19 heavy (non-hydrogen) atoms. The molecule has 0 aliphatic carbocycles. The average molecular weight is 264 g/mol. The van der Waals surface area contributed by atoms with Gasteiger partial charge in [-0.1, -0.05) is 19.1 Å². The molecular weight excluding hydrogens is 244 g/mol. The molecule has 0 radical (unpaired) electrons. The molecule has 0 amide bonds. The van der Waals surface area contributed by atoms with Crippen LogP contribution in [0.5, 0.6) is 5.75 Å². The molecule has 0 saturated carbocycles. The molecule has 104 valence electrons. The van der Waals surface area contributed by atoms with Crippen LogP contribution in [-0.2, 0) is 20.7 Å². The first kappa shape index (κ1) is 15.2. The number of hydrogen-bond acceptors (Lipinski definition) is 4. The van der Waals surface area contributed by atoms with Crippen LogP contribution >= 0.6 is 0 Å². The maximum absolute atomic E-state index is 11.9. The van der Waals surface area contributed by atoms with Gasteiger partial charge in [-0.2, -0.15) is 0 Å². The Morgan fingerprint density at radius 3 is 2.26 bits per heavy atom. The molecule has 0 saturated heterocycles. The molecule has 0 aliphatic rings. The molecule has 4 heteroatoms. The zero-order chi connectivity index (χ0) is 14.3. The fraction of sp³-hybridized carbons (Fsp3) is 0.467. The lowest BCUT2D eigenvalue weighted by Crippen LogP contribution is -2.15. The van der Waals surface area contributed by atoms with Crippen LogP contribution in [0.1, 0.15) is 25.3 Å². The molecule has 0 bridgehead atoms. The molecule has 0 spiro atoms. The van der Waals surface area contributed by atoms with Crippen LogP contribution in [0.3, 0.4) is 0 Å². The van der Waals surface area contributed by atoms with E-state index >= 15 is 0 Å². The lowest BCUT2D eigenvalue weighted by atomic mass is 9.94. The number of Topliss-reactive ketones (excluding diaryl/α,β-unsaturated/α-hetero) is 1. The van der Waals surface area contributed by atoms with Gasteiger partial charge < -0.3 is 9.47 Å². The van der Waals surface area contributed by atoms with E-state index in [0.717, 1.165) is 11.3 Å². The van der Waals surface area contributed by atoms with E-state index in [-0.39, 0.29) is 30.5 Å². The fourth-order valence-corrected chi connectivity index (χ4v) is 1.80. The lowest BCUT2D eigenvalue weighted by Gasteiger charge is -2.10. The molecule has 1 aromatic carbocycles. The molecule has 1 aromatic rings. The van der Waals surface area contributed by atoms with E-state index in [4.69, 9.17) is 4.74 Å². The number of carbonyl (C=O) groups is 2. The van der Waals surface area contributed by atoms with E-state index in [1.54, 1.807) is 7.11 Å². The Labute approximate surface area is 113 Å². The van der Waals surface area contributed by atoms with Gasteiger partial charge >= 0.3 is 5.97 Å². The summed E-state index contributed by atoms with van der Waals surface area (Å²) in [5, 5.41) is 0. The van der Waals surface area contributed by atoms with Crippen molar-refractivity contribution in [2.24, 2.45) is 5.92 Å². The molecule has 0 heterocycles. The zero-order valence-corrected chi connectivity index (χ0v) is 11.6. The zero-order valence-electron chi connectivity index (χ0n) is 11.6. The molecule has 1 rings (SSSR count). The highest BCUT2D eigenvalue weighted by Gasteiger charge is 2.15. The number of esters is 1. The first-order valence-electron chi connectivity index (χ1n) is 6.29. The topological polar surface area (TPSA) is 52.6 Å². The highest BCUT2D eigenvalue weighted by Crippen LogP contribution is 2.16. The summed E-state index contributed by atoms with van der Waals surface area (Å²) < 4.78 is 9.60. The van der Waals surface area contributed by atoms with Crippen LogP contribution in [0.25, 0.3) is 0 Å².